The summed E-state index contributed by atoms with van der Waals surface area (Å²) >= 11 is 0. The van der Waals surface area contributed by atoms with Crippen molar-refractivity contribution in [1.29, 1.82) is 0 Å². The van der Waals surface area contributed by atoms with Gasteiger partial charge >= 0.3 is 0 Å². The van der Waals surface area contributed by atoms with Crippen molar-refractivity contribution in [3.8, 4) is 0 Å². The van der Waals surface area contributed by atoms with E-state index in [2.05, 4.69) is 19.9 Å². The Balaban J connectivity index is 1.76. The fourth-order valence-electron chi connectivity index (χ4n) is 5.83. The number of allylic oxidation sites excluding steroid dienone is 4. The van der Waals surface area contributed by atoms with Crippen LogP contribution in [0.5, 0.6) is 0 Å². The van der Waals surface area contributed by atoms with Gasteiger partial charge in [-0.3, -0.25) is 4.79 Å². The fraction of sp³-hybridized carbons (Fsp3) is 0.737. The van der Waals surface area contributed by atoms with E-state index in [9.17, 15) is 9.90 Å². The number of fused-ring (bicyclic) bond motifs is 5. The molecule has 2 fully saturated rings. The zero-order chi connectivity index (χ0) is 14.8. The minimum absolute atomic E-state index is 0.0935. The van der Waals surface area contributed by atoms with Crippen LogP contribution in [-0.4, -0.2) is 17.0 Å². The van der Waals surface area contributed by atoms with Crippen LogP contribution in [0.1, 0.15) is 58.8 Å². The van der Waals surface area contributed by atoms with Crippen molar-refractivity contribution in [2.24, 2.45) is 22.7 Å². The van der Waals surface area contributed by atoms with Crippen LogP contribution >= 0.6 is 0 Å². The van der Waals surface area contributed by atoms with Crippen molar-refractivity contribution in [2.45, 2.75) is 64.9 Å². The molecule has 2 heteroatoms. The molecule has 4 aliphatic rings. The van der Waals surface area contributed by atoms with Gasteiger partial charge in [-0.25, -0.2) is 0 Å². The lowest BCUT2D eigenvalue weighted by molar-refractivity contribution is -0.115. The van der Waals surface area contributed by atoms with Crippen LogP contribution in [-0.2, 0) is 4.79 Å². The summed E-state index contributed by atoms with van der Waals surface area (Å²) in [5.41, 5.74) is 3.20. The maximum Gasteiger partial charge on any atom is 0.155 e. The Morgan fingerprint density at radius 3 is 2.81 bits per heavy atom. The van der Waals surface area contributed by atoms with Gasteiger partial charge in [-0.1, -0.05) is 31.1 Å². The average molecular weight is 286 g/mol. The molecule has 0 amide bonds. The number of carbonyl (C=O) groups is 1. The smallest absolute Gasteiger partial charge is 0.155 e. The second-order valence-electron chi connectivity index (χ2n) is 8.18. The zero-order valence-corrected chi connectivity index (χ0v) is 13.2. The van der Waals surface area contributed by atoms with E-state index in [1.807, 2.05) is 6.08 Å². The maximum absolute atomic E-state index is 11.8. The van der Waals surface area contributed by atoms with Crippen LogP contribution in [0.4, 0.5) is 0 Å². The lowest BCUT2D eigenvalue weighted by atomic mass is 9.52. The number of rotatable bonds is 0. The molecule has 0 aromatic heterocycles. The van der Waals surface area contributed by atoms with E-state index in [1.165, 1.54) is 18.4 Å². The van der Waals surface area contributed by atoms with E-state index in [0.29, 0.717) is 24.0 Å². The first-order chi connectivity index (χ1) is 9.95. The molecule has 0 aliphatic heterocycles. The van der Waals surface area contributed by atoms with Gasteiger partial charge < -0.3 is 5.11 Å². The number of hydrogen-bond donors (Lipinski definition) is 1. The second-order valence-corrected chi connectivity index (χ2v) is 8.18. The molecule has 21 heavy (non-hydrogen) atoms. The van der Waals surface area contributed by atoms with Crippen molar-refractivity contribution in [3.05, 3.63) is 23.3 Å². The first kappa shape index (κ1) is 13.8. The number of aliphatic hydroxyl groups excluding tert-OH is 1. The van der Waals surface area contributed by atoms with Gasteiger partial charge in [-0.05, 0) is 56.4 Å². The molecule has 0 spiro atoms. The molecule has 4 rings (SSSR count). The molecule has 0 bridgehead atoms. The molecule has 0 radical (unpaired) electrons. The molecule has 0 heterocycles. The Hall–Kier alpha value is -0.890. The van der Waals surface area contributed by atoms with Crippen molar-refractivity contribution >= 4 is 5.78 Å². The SMILES string of the molecule is C[C@]12CCC(=O)C=C1CC[C@@H]1C2=CC[C@]2(C)[C@H](O)CC[C@H]12. The largest absolute Gasteiger partial charge is 0.393 e. The normalized spacial score (nSPS) is 48.9. The summed E-state index contributed by atoms with van der Waals surface area (Å²) in [5.74, 6) is 1.60. The molecule has 1 N–H and O–H groups in total. The highest BCUT2D eigenvalue weighted by atomic mass is 16.3. The third-order valence-corrected chi connectivity index (χ3v) is 7.28. The Bertz CT molecular complexity index is 558. The van der Waals surface area contributed by atoms with Crippen LogP contribution < -0.4 is 0 Å². The Labute approximate surface area is 127 Å². The van der Waals surface area contributed by atoms with Crippen molar-refractivity contribution in [1.82, 2.24) is 0 Å². The summed E-state index contributed by atoms with van der Waals surface area (Å²) < 4.78 is 0. The summed E-state index contributed by atoms with van der Waals surface area (Å²) in [4.78, 5) is 11.8. The molecule has 5 atom stereocenters. The van der Waals surface area contributed by atoms with Crippen LogP contribution in [0.25, 0.3) is 0 Å². The van der Waals surface area contributed by atoms with E-state index in [4.69, 9.17) is 0 Å². The van der Waals surface area contributed by atoms with Gasteiger partial charge in [0.25, 0.3) is 0 Å². The van der Waals surface area contributed by atoms with Gasteiger partial charge in [0, 0.05) is 17.3 Å². The first-order valence-corrected chi connectivity index (χ1v) is 8.57. The second kappa shape index (κ2) is 4.32. The predicted molar refractivity (Wildman–Crippen MR) is 82.7 cm³/mol. The van der Waals surface area contributed by atoms with Gasteiger partial charge in [0.1, 0.15) is 0 Å². The Morgan fingerprint density at radius 1 is 1.19 bits per heavy atom. The highest BCUT2D eigenvalue weighted by Crippen LogP contribution is 2.62. The third kappa shape index (κ3) is 1.72. The molecule has 0 aromatic rings. The summed E-state index contributed by atoms with van der Waals surface area (Å²) in [7, 11) is 0. The fourth-order valence-corrected chi connectivity index (χ4v) is 5.83. The van der Waals surface area contributed by atoms with Gasteiger partial charge in [0.15, 0.2) is 5.78 Å². The topological polar surface area (TPSA) is 37.3 Å². The number of carbonyl (C=O) groups excluding carboxylic acids is 1. The predicted octanol–water partition coefficient (Wildman–Crippen LogP) is 3.80. The van der Waals surface area contributed by atoms with Gasteiger partial charge in [0.2, 0.25) is 0 Å². The van der Waals surface area contributed by atoms with Crippen molar-refractivity contribution in [2.75, 3.05) is 0 Å². The van der Waals surface area contributed by atoms with E-state index in [-0.39, 0.29) is 16.9 Å². The highest BCUT2D eigenvalue weighted by Gasteiger charge is 2.55. The van der Waals surface area contributed by atoms with Crippen LogP contribution in [0.3, 0.4) is 0 Å². The molecule has 2 saturated carbocycles. The molecule has 0 saturated heterocycles. The minimum Gasteiger partial charge on any atom is -0.393 e. The van der Waals surface area contributed by atoms with Crippen molar-refractivity contribution in [3.63, 3.8) is 0 Å². The van der Waals surface area contributed by atoms with E-state index >= 15 is 0 Å². The van der Waals surface area contributed by atoms with E-state index in [1.54, 1.807) is 5.57 Å². The average Bonchev–Trinajstić information content (AvgIpc) is 2.76. The number of ketones is 1. The molecule has 4 aliphatic carbocycles. The molecular formula is C19H26O2. The lowest BCUT2D eigenvalue weighted by Crippen LogP contribution is -2.45. The van der Waals surface area contributed by atoms with Crippen LogP contribution in [0.2, 0.25) is 0 Å². The highest BCUT2D eigenvalue weighted by molar-refractivity contribution is 5.92. The zero-order valence-electron chi connectivity index (χ0n) is 13.2. The molecular weight excluding hydrogens is 260 g/mol. The summed E-state index contributed by atoms with van der Waals surface area (Å²) in [6, 6.07) is 0. The molecule has 2 nitrogen and oxygen atoms in total. The summed E-state index contributed by atoms with van der Waals surface area (Å²) in [5, 5.41) is 10.4. The summed E-state index contributed by atoms with van der Waals surface area (Å²) in [6.45, 7) is 4.65. The maximum atomic E-state index is 11.8. The van der Waals surface area contributed by atoms with Gasteiger partial charge in [-0.15, -0.1) is 0 Å². The molecule has 114 valence electrons. The van der Waals surface area contributed by atoms with Crippen molar-refractivity contribution < 1.29 is 9.90 Å². The van der Waals surface area contributed by atoms with E-state index in [0.717, 1.165) is 25.7 Å². The monoisotopic (exact) mass is 286 g/mol. The van der Waals surface area contributed by atoms with Crippen LogP contribution in [0.15, 0.2) is 23.3 Å². The van der Waals surface area contributed by atoms with E-state index < -0.39 is 0 Å². The lowest BCUT2D eigenvalue weighted by Gasteiger charge is -2.53. The first-order valence-electron chi connectivity index (χ1n) is 8.57. The minimum atomic E-state index is -0.127. The van der Waals surface area contributed by atoms with Crippen LogP contribution in [0, 0.1) is 22.7 Å². The molecule has 0 unspecified atom stereocenters. The Morgan fingerprint density at radius 2 is 2.00 bits per heavy atom. The Kier molecular flexibility index (Phi) is 2.83. The summed E-state index contributed by atoms with van der Waals surface area (Å²) in [6.07, 6.45) is 11.4. The van der Waals surface area contributed by atoms with Gasteiger partial charge in [-0.2, -0.15) is 0 Å². The number of hydrogen-bond acceptors (Lipinski definition) is 2. The standard InChI is InChI=1S/C19H26O2/c1-18-9-7-13(20)11-12(18)3-4-14-15-5-6-17(21)19(15,2)10-8-16(14)18/h8,11,14-15,17,21H,3-7,9-10H2,1-2H3/t14-,15+,17+,18-,19-/m0/s1. The quantitative estimate of drug-likeness (QED) is 0.688. The number of aliphatic hydroxyl groups is 1. The van der Waals surface area contributed by atoms with Gasteiger partial charge in [0.05, 0.1) is 6.10 Å². The molecule has 0 aromatic carbocycles. The third-order valence-electron chi connectivity index (χ3n) is 7.28.